The number of aromatic nitrogens is 1. The number of hydrogen-bond donors (Lipinski definition) is 2. The molecule has 0 radical (unpaired) electrons. The Kier molecular flexibility index (Phi) is 5.34. The van der Waals surface area contributed by atoms with E-state index in [1.165, 1.54) is 13.3 Å². The third-order valence-corrected chi connectivity index (χ3v) is 4.61. The van der Waals surface area contributed by atoms with Gasteiger partial charge in [0.2, 0.25) is 0 Å². The average molecular weight is 337 g/mol. The summed E-state index contributed by atoms with van der Waals surface area (Å²) in [5, 5.41) is 19.9. The summed E-state index contributed by atoms with van der Waals surface area (Å²) in [4.78, 5) is 15.3. The van der Waals surface area contributed by atoms with Crippen LogP contribution in [0.1, 0.15) is 45.9 Å². The predicted octanol–water partition coefficient (Wildman–Crippen LogP) is 0.338. The van der Waals surface area contributed by atoms with Crippen LogP contribution in [0.3, 0.4) is 0 Å². The molecule has 1 aliphatic rings. The van der Waals surface area contributed by atoms with Gasteiger partial charge in [0, 0.05) is 11.7 Å². The fourth-order valence-electron chi connectivity index (χ4n) is 2.27. The van der Waals surface area contributed by atoms with Crippen LogP contribution >= 0.6 is 0 Å². The molecular formula is C16H24BNO6. The quantitative estimate of drug-likeness (QED) is 0.590. The van der Waals surface area contributed by atoms with E-state index in [-0.39, 0.29) is 12.1 Å². The van der Waals surface area contributed by atoms with Crippen LogP contribution in [0, 0.1) is 0 Å². The third kappa shape index (κ3) is 3.78. The number of hydrogen-bond acceptors (Lipinski definition) is 7. The second-order valence-corrected chi connectivity index (χ2v) is 6.90. The van der Waals surface area contributed by atoms with Crippen molar-refractivity contribution in [1.82, 2.24) is 4.98 Å². The molecule has 0 spiro atoms. The number of carbonyl (C=O) groups is 1. The highest BCUT2D eigenvalue weighted by Crippen LogP contribution is 2.36. The Morgan fingerprint density at radius 2 is 1.83 bits per heavy atom. The summed E-state index contributed by atoms with van der Waals surface area (Å²) in [6, 6.07) is 3.30. The van der Waals surface area contributed by atoms with E-state index in [1.54, 1.807) is 12.1 Å². The summed E-state index contributed by atoms with van der Waals surface area (Å²) in [7, 11) is 0.674. The Morgan fingerprint density at radius 3 is 2.29 bits per heavy atom. The molecule has 2 atom stereocenters. The number of carbonyl (C=O) groups excluding carboxylic acids is 1. The maximum atomic E-state index is 11.2. The molecule has 7 nitrogen and oxygen atoms in total. The fourth-order valence-corrected chi connectivity index (χ4v) is 2.27. The molecule has 0 saturated carbocycles. The Bertz CT molecular complexity index is 573. The van der Waals surface area contributed by atoms with Crippen molar-refractivity contribution in [2.45, 2.75) is 57.5 Å². The number of methoxy groups -OCH3 is 1. The molecular weight excluding hydrogens is 313 g/mol. The minimum absolute atomic E-state index is 0.256. The standard InChI is InChI=1S/C16H24BNO6/c1-15(2)16(3,4)24-17(23-15)10-6-7-11(18-9-10)14(21)12(19)8-13(20)22-5/h6-7,9,12,14,19,21H,8H2,1-5H3. The second kappa shape index (κ2) is 6.80. The van der Waals surface area contributed by atoms with Crippen molar-refractivity contribution in [3.05, 3.63) is 24.0 Å². The zero-order valence-electron chi connectivity index (χ0n) is 14.6. The van der Waals surface area contributed by atoms with Gasteiger partial charge in [-0.05, 0) is 33.8 Å². The largest absolute Gasteiger partial charge is 0.496 e. The second-order valence-electron chi connectivity index (χ2n) is 6.90. The SMILES string of the molecule is COC(=O)CC(O)C(O)c1ccc(B2OC(C)(C)C(C)(C)O2)cn1. The van der Waals surface area contributed by atoms with Gasteiger partial charge in [-0.25, -0.2) is 0 Å². The first-order valence-corrected chi connectivity index (χ1v) is 7.82. The number of aliphatic hydroxyl groups excluding tert-OH is 2. The van der Waals surface area contributed by atoms with Crippen LogP contribution in [-0.2, 0) is 18.8 Å². The summed E-state index contributed by atoms with van der Waals surface area (Å²) in [6.45, 7) is 7.84. The van der Waals surface area contributed by atoms with Gasteiger partial charge < -0.3 is 24.3 Å². The summed E-state index contributed by atoms with van der Waals surface area (Å²) in [6.07, 6.45) is -1.34. The molecule has 2 unspecified atom stereocenters. The molecule has 8 heteroatoms. The highest BCUT2D eigenvalue weighted by atomic mass is 16.7. The van der Waals surface area contributed by atoms with Gasteiger partial charge in [0.25, 0.3) is 0 Å². The first-order valence-electron chi connectivity index (χ1n) is 7.82. The molecule has 1 aliphatic heterocycles. The number of aliphatic hydroxyl groups is 2. The van der Waals surface area contributed by atoms with Gasteiger partial charge in [0.05, 0.1) is 36.5 Å². The van der Waals surface area contributed by atoms with Crippen LogP contribution in [-0.4, -0.2) is 52.7 Å². The molecule has 2 heterocycles. The van der Waals surface area contributed by atoms with E-state index in [0.29, 0.717) is 5.46 Å². The molecule has 1 aromatic rings. The van der Waals surface area contributed by atoms with Crippen molar-refractivity contribution < 1.29 is 29.1 Å². The van der Waals surface area contributed by atoms with E-state index in [1.807, 2.05) is 27.7 Å². The number of nitrogens with zero attached hydrogens (tertiary/aromatic N) is 1. The van der Waals surface area contributed by atoms with Crippen LogP contribution in [0.2, 0.25) is 0 Å². The molecule has 0 bridgehead atoms. The normalized spacial score (nSPS) is 21.4. The number of esters is 1. The first-order chi connectivity index (χ1) is 11.1. The van der Waals surface area contributed by atoms with Crippen molar-refractivity contribution in [3.63, 3.8) is 0 Å². The minimum atomic E-state index is -1.28. The lowest BCUT2D eigenvalue weighted by atomic mass is 9.80. The van der Waals surface area contributed by atoms with Gasteiger partial charge in [-0.1, -0.05) is 6.07 Å². The number of pyridine rings is 1. The molecule has 24 heavy (non-hydrogen) atoms. The van der Waals surface area contributed by atoms with E-state index in [9.17, 15) is 15.0 Å². The molecule has 1 fully saturated rings. The fraction of sp³-hybridized carbons (Fsp3) is 0.625. The van der Waals surface area contributed by atoms with Crippen LogP contribution in [0.4, 0.5) is 0 Å². The maximum Gasteiger partial charge on any atom is 0.496 e. The predicted molar refractivity (Wildman–Crippen MR) is 87.6 cm³/mol. The zero-order chi connectivity index (χ0) is 18.1. The lowest BCUT2D eigenvalue weighted by Gasteiger charge is -2.32. The Hall–Kier alpha value is -1.48. The lowest BCUT2D eigenvalue weighted by Crippen LogP contribution is -2.41. The molecule has 2 N–H and O–H groups in total. The van der Waals surface area contributed by atoms with Gasteiger partial charge in [-0.15, -0.1) is 0 Å². The summed E-state index contributed by atoms with van der Waals surface area (Å²) < 4.78 is 16.3. The van der Waals surface area contributed by atoms with Gasteiger partial charge in [-0.2, -0.15) is 0 Å². The van der Waals surface area contributed by atoms with Gasteiger partial charge in [-0.3, -0.25) is 9.78 Å². The van der Waals surface area contributed by atoms with Crippen molar-refractivity contribution in [2.75, 3.05) is 7.11 Å². The van der Waals surface area contributed by atoms with Crippen LogP contribution in [0.5, 0.6) is 0 Å². The van der Waals surface area contributed by atoms with Crippen molar-refractivity contribution in [3.8, 4) is 0 Å². The van der Waals surface area contributed by atoms with Gasteiger partial charge in [0.15, 0.2) is 0 Å². The molecule has 0 aliphatic carbocycles. The summed E-state index contributed by atoms with van der Waals surface area (Å²) >= 11 is 0. The molecule has 132 valence electrons. The van der Waals surface area contributed by atoms with E-state index < -0.39 is 36.5 Å². The van der Waals surface area contributed by atoms with E-state index in [0.717, 1.165) is 0 Å². The van der Waals surface area contributed by atoms with E-state index in [4.69, 9.17) is 9.31 Å². The van der Waals surface area contributed by atoms with Crippen molar-refractivity contribution in [2.24, 2.45) is 0 Å². The smallest absolute Gasteiger partial charge is 0.469 e. The first kappa shape index (κ1) is 18.9. The Morgan fingerprint density at radius 1 is 1.25 bits per heavy atom. The third-order valence-electron chi connectivity index (χ3n) is 4.61. The highest BCUT2D eigenvalue weighted by molar-refractivity contribution is 6.62. The molecule has 1 aromatic heterocycles. The zero-order valence-corrected chi connectivity index (χ0v) is 14.6. The number of ether oxygens (including phenoxy) is 1. The monoisotopic (exact) mass is 337 g/mol. The van der Waals surface area contributed by atoms with Crippen LogP contribution < -0.4 is 5.46 Å². The van der Waals surface area contributed by atoms with E-state index in [2.05, 4.69) is 9.72 Å². The van der Waals surface area contributed by atoms with Crippen LogP contribution in [0.15, 0.2) is 18.3 Å². The average Bonchev–Trinajstić information content (AvgIpc) is 2.74. The molecule has 1 saturated heterocycles. The Labute approximate surface area is 142 Å². The highest BCUT2D eigenvalue weighted by Gasteiger charge is 2.51. The van der Waals surface area contributed by atoms with Crippen molar-refractivity contribution in [1.29, 1.82) is 0 Å². The number of rotatable bonds is 5. The van der Waals surface area contributed by atoms with Gasteiger partial charge in [0.1, 0.15) is 6.10 Å². The topological polar surface area (TPSA) is 98.1 Å². The van der Waals surface area contributed by atoms with Gasteiger partial charge >= 0.3 is 13.1 Å². The van der Waals surface area contributed by atoms with E-state index >= 15 is 0 Å². The minimum Gasteiger partial charge on any atom is -0.469 e. The molecule has 0 amide bonds. The summed E-state index contributed by atoms with van der Waals surface area (Å²) in [5.41, 5.74) is 0.0674. The van der Waals surface area contributed by atoms with Crippen LogP contribution in [0.25, 0.3) is 0 Å². The lowest BCUT2D eigenvalue weighted by molar-refractivity contribution is -0.144. The molecule has 2 rings (SSSR count). The maximum absolute atomic E-state index is 11.2. The summed E-state index contributed by atoms with van der Waals surface area (Å²) in [5.74, 6) is -0.601. The molecule has 0 aromatic carbocycles. The Balaban J connectivity index is 2.07. The van der Waals surface area contributed by atoms with Crippen molar-refractivity contribution >= 4 is 18.6 Å².